The van der Waals surface area contributed by atoms with E-state index < -0.39 is 0 Å². The lowest BCUT2D eigenvalue weighted by Gasteiger charge is -2.19. The molecule has 106 valence electrons. The van der Waals surface area contributed by atoms with Crippen molar-refractivity contribution < 1.29 is 4.79 Å². The van der Waals surface area contributed by atoms with E-state index in [4.69, 9.17) is 11.6 Å². The second-order valence-electron chi connectivity index (χ2n) is 4.79. The normalized spacial score (nSPS) is 12.5. The third-order valence-corrected chi connectivity index (χ3v) is 4.55. The van der Waals surface area contributed by atoms with Crippen LogP contribution >= 0.6 is 27.5 Å². The summed E-state index contributed by atoms with van der Waals surface area (Å²) in [6.45, 7) is 6.76. The maximum Gasteiger partial charge on any atom is 0.252 e. The molecule has 1 rings (SSSR count). The molecule has 1 unspecified atom stereocenters. The Labute approximate surface area is 129 Å². The quantitative estimate of drug-likeness (QED) is 0.753. The van der Waals surface area contributed by atoms with Crippen LogP contribution in [0.25, 0.3) is 0 Å². The molecular formula is C15H21BrClNO. The van der Waals surface area contributed by atoms with Gasteiger partial charge in [-0.25, -0.2) is 0 Å². The van der Waals surface area contributed by atoms with Gasteiger partial charge in [-0.3, -0.25) is 4.79 Å². The van der Waals surface area contributed by atoms with Crippen molar-refractivity contribution in [1.82, 2.24) is 5.32 Å². The van der Waals surface area contributed by atoms with E-state index >= 15 is 0 Å². The molecule has 0 spiro atoms. The molecule has 0 aromatic heterocycles. The van der Waals surface area contributed by atoms with Gasteiger partial charge in [0.2, 0.25) is 0 Å². The predicted molar refractivity (Wildman–Crippen MR) is 84.9 cm³/mol. The second kappa shape index (κ2) is 7.91. The van der Waals surface area contributed by atoms with E-state index in [2.05, 4.69) is 35.1 Å². The average molecular weight is 347 g/mol. The van der Waals surface area contributed by atoms with E-state index in [-0.39, 0.29) is 11.3 Å². The van der Waals surface area contributed by atoms with Gasteiger partial charge in [0.05, 0.1) is 10.9 Å². The standard InChI is InChI=1S/C15H21BrClNO/c1-4-11(5-2)14(17)9-18-15(19)12-7-6-10(3)8-13(12)16/h6-8,11,14H,4-5,9H2,1-3H3,(H,18,19). The van der Waals surface area contributed by atoms with Crippen molar-refractivity contribution in [2.45, 2.75) is 39.0 Å². The van der Waals surface area contributed by atoms with E-state index in [1.165, 1.54) is 0 Å². The molecule has 0 saturated carbocycles. The number of hydrogen-bond donors (Lipinski definition) is 1. The number of carbonyl (C=O) groups is 1. The van der Waals surface area contributed by atoms with Crippen LogP contribution in [0.1, 0.15) is 42.6 Å². The minimum atomic E-state index is -0.0801. The molecule has 4 heteroatoms. The van der Waals surface area contributed by atoms with Crippen LogP contribution in [-0.4, -0.2) is 17.8 Å². The highest BCUT2D eigenvalue weighted by Gasteiger charge is 2.17. The summed E-state index contributed by atoms with van der Waals surface area (Å²) >= 11 is 9.73. The number of nitrogens with one attached hydrogen (secondary N) is 1. The van der Waals surface area contributed by atoms with Gasteiger partial charge in [-0.2, -0.15) is 0 Å². The molecule has 0 saturated heterocycles. The van der Waals surface area contributed by atoms with E-state index in [9.17, 15) is 4.79 Å². The van der Waals surface area contributed by atoms with Crippen molar-refractivity contribution in [3.63, 3.8) is 0 Å². The van der Waals surface area contributed by atoms with Crippen LogP contribution in [0.5, 0.6) is 0 Å². The van der Waals surface area contributed by atoms with Gasteiger partial charge >= 0.3 is 0 Å². The molecule has 1 aromatic carbocycles. The van der Waals surface area contributed by atoms with Crippen molar-refractivity contribution in [3.8, 4) is 0 Å². The molecule has 0 fully saturated rings. The van der Waals surface area contributed by atoms with Crippen LogP contribution in [0.4, 0.5) is 0 Å². The number of benzene rings is 1. The van der Waals surface area contributed by atoms with Gasteiger partial charge in [0, 0.05) is 11.0 Å². The fourth-order valence-electron chi connectivity index (χ4n) is 2.06. The minimum absolute atomic E-state index is 0.0110. The van der Waals surface area contributed by atoms with Gasteiger partial charge in [-0.05, 0) is 46.5 Å². The first kappa shape index (κ1) is 16.5. The van der Waals surface area contributed by atoms with Gasteiger partial charge in [-0.15, -0.1) is 11.6 Å². The Balaban J connectivity index is 2.60. The zero-order valence-corrected chi connectivity index (χ0v) is 14.0. The van der Waals surface area contributed by atoms with E-state index in [1.54, 1.807) is 0 Å². The number of amides is 1. The Kier molecular flexibility index (Phi) is 6.87. The summed E-state index contributed by atoms with van der Waals surface area (Å²) in [4.78, 5) is 12.1. The zero-order valence-electron chi connectivity index (χ0n) is 11.7. The van der Waals surface area contributed by atoms with Crippen LogP contribution in [0.2, 0.25) is 0 Å². The van der Waals surface area contributed by atoms with Crippen molar-refractivity contribution in [2.24, 2.45) is 5.92 Å². The fourth-order valence-corrected chi connectivity index (χ4v) is 3.16. The minimum Gasteiger partial charge on any atom is -0.351 e. The number of aryl methyl sites for hydroxylation is 1. The lowest BCUT2D eigenvalue weighted by Crippen LogP contribution is -2.33. The molecule has 1 aromatic rings. The average Bonchev–Trinajstić information content (AvgIpc) is 2.37. The summed E-state index contributed by atoms with van der Waals surface area (Å²) in [6.07, 6.45) is 2.07. The number of hydrogen-bond acceptors (Lipinski definition) is 1. The van der Waals surface area contributed by atoms with E-state index in [1.807, 2.05) is 25.1 Å². The number of carbonyl (C=O) groups excluding carboxylic acids is 1. The lowest BCUT2D eigenvalue weighted by molar-refractivity contribution is 0.0951. The predicted octanol–water partition coefficient (Wildman–Crippen LogP) is 4.53. The first-order valence-corrected chi connectivity index (χ1v) is 7.90. The van der Waals surface area contributed by atoms with Gasteiger partial charge in [-0.1, -0.05) is 32.8 Å². The van der Waals surface area contributed by atoms with Crippen LogP contribution in [0.15, 0.2) is 22.7 Å². The topological polar surface area (TPSA) is 29.1 Å². The highest BCUT2D eigenvalue weighted by atomic mass is 79.9. The number of rotatable bonds is 6. The number of alkyl halides is 1. The molecule has 0 radical (unpaired) electrons. The second-order valence-corrected chi connectivity index (χ2v) is 6.20. The Hall–Kier alpha value is -0.540. The SMILES string of the molecule is CCC(CC)C(Cl)CNC(=O)c1ccc(C)cc1Br. The van der Waals surface area contributed by atoms with E-state index in [0.29, 0.717) is 18.0 Å². The van der Waals surface area contributed by atoms with E-state index in [0.717, 1.165) is 22.9 Å². The Morgan fingerprint density at radius 1 is 1.37 bits per heavy atom. The Morgan fingerprint density at radius 2 is 2.00 bits per heavy atom. The maximum absolute atomic E-state index is 12.1. The molecular weight excluding hydrogens is 326 g/mol. The molecule has 0 aliphatic rings. The van der Waals surface area contributed by atoms with Gasteiger partial charge in [0.25, 0.3) is 5.91 Å². The smallest absolute Gasteiger partial charge is 0.252 e. The van der Waals surface area contributed by atoms with Crippen LogP contribution in [0, 0.1) is 12.8 Å². The summed E-state index contributed by atoms with van der Waals surface area (Å²) in [5.74, 6) is 0.368. The van der Waals surface area contributed by atoms with Crippen LogP contribution in [0.3, 0.4) is 0 Å². The molecule has 2 nitrogen and oxygen atoms in total. The molecule has 0 aliphatic heterocycles. The largest absolute Gasteiger partial charge is 0.351 e. The van der Waals surface area contributed by atoms with Crippen LogP contribution < -0.4 is 5.32 Å². The third kappa shape index (κ3) is 4.81. The first-order valence-electron chi connectivity index (χ1n) is 6.68. The van der Waals surface area contributed by atoms with Gasteiger partial charge in [0.1, 0.15) is 0 Å². The van der Waals surface area contributed by atoms with Crippen molar-refractivity contribution in [1.29, 1.82) is 0 Å². The zero-order chi connectivity index (χ0) is 14.4. The first-order chi connectivity index (χ1) is 8.99. The summed E-state index contributed by atoms with van der Waals surface area (Å²) in [6, 6.07) is 5.70. The fraction of sp³-hybridized carbons (Fsp3) is 0.533. The summed E-state index contributed by atoms with van der Waals surface area (Å²) in [5.41, 5.74) is 1.77. The molecule has 0 bridgehead atoms. The highest BCUT2D eigenvalue weighted by molar-refractivity contribution is 9.10. The lowest BCUT2D eigenvalue weighted by atomic mass is 9.99. The summed E-state index contributed by atoms with van der Waals surface area (Å²) in [5, 5.41) is 2.90. The molecule has 1 N–H and O–H groups in total. The number of halogens is 2. The Morgan fingerprint density at radius 3 is 2.53 bits per heavy atom. The highest BCUT2D eigenvalue weighted by Crippen LogP contribution is 2.20. The monoisotopic (exact) mass is 345 g/mol. The summed E-state index contributed by atoms with van der Waals surface area (Å²) < 4.78 is 0.818. The van der Waals surface area contributed by atoms with Crippen molar-refractivity contribution in [3.05, 3.63) is 33.8 Å². The molecule has 1 atom stereocenters. The van der Waals surface area contributed by atoms with Gasteiger partial charge < -0.3 is 5.32 Å². The third-order valence-electron chi connectivity index (χ3n) is 3.39. The molecule has 0 aliphatic carbocycles. The van der Waals surface area contributed by atoms with Crippen molar-refractivity contribution >= 4 is 33.4 Å². The summed E-state index contributed by atoms with van der Waals surface area (Å²) in [7, 11) is 0. The Bertz CT molecular complexity index is 432. The molecule has 1 amide bonds. The van der Waals surface area contributed by atoms with Crippen LogP contribution in [-0.2, 0) is 0 Å². The molecule has 0 heterocycles. The van der Waals surface area contributed by atoms with Gasteiger partial charge in [0.15, 0.2) is 0 Å². The van der Waals surface area contributed by atoms with Crippen molar-refractivity contribution in [2.75, 3.05) is 6.54 Å². The molecule has 19 heavy (non-hydrogen) atoms. The maximum atomic E-state index is 12.1.